The van der Waals surface area contributed by atoms with E-state index in [9.17, 15) is 0 Å². The Morgan fingerprint density at radius 3 is 2.25 bits per heavy atom. The molecule has 0 heterocycles. The third kappa shape index (κ3) is 2.17. The van der Waals surface area contributed by atoms with Gasteiger partial charge in [-0.3, -0.25) is 11.3 Å². The molecule has 1 aromatic rings. The van der Waals surface area contributed by atoms with Crippen LogP contribution in [0.25, 0.3) is 0 Å². The van der Waals surface area contributed by atoms with E-state index in [1.165, 1.54) is 40.4 Å². The average molecular weight is 283 g/mol. The van der Waals surface area contributed by atoms with Crippen LogP contribution in [0.5, 0.6) is 0 Å². The third-order valence-corrected chi connectivity index (χ3v) is 4.87. The Bertz CT molecular complexity index is 363. The normalized spacial score (nSPS) is 18.2. The van der Waals surface area contributed by atoms with Crippen LogP contribution in [0, 0.1) is 19.8 Å². The fraction of sp³-hybridized carbons (Fsp3) is 0.538. The molecule has 1 saturated carbocycles. The molecular weight excluding hydrogens is 264 g/mol. The van der Waals surface area contributed by atoms with E-state index in [2.05, 4.69) is 47.3 Å². The molecule has 0 bridgehead atoms. The minimum Gasteiger partial charge on any atom is -0.271 e. The van der Waals surface area contributed by atoms with Gasteiger partial charge in [0.05, 0.1) is 0 Å². The van der Waals surface area contributed by atoms with Gasteiger partial charge in [0, 0.05) is 10.5 Å². The Hall–Kier alpha value is -0.380. The molecule has 0 aliphatic heterocycles. The highest BCUT2D eigenvalue weighted by molar-refractivity contribution is 9.10. The predicted molar refractivity (Wildman–Crippen MR) is 71.0 cm³/mol. The molecule has 1 aliphatic carbocycles. The maximum atomic E-state index is 5.69. The predicted octanol–water partition coefficient (Wildman–Crippen LogP) is 3.37. The first kappa shape index (κ1) is 12.1. The third-order valence-electron chi connectivity index (χ3n) is 3.62. The van der Waals surface area contributed by atoms with E-state index in [4.69, 9.17) is 5.84 Å². The van der Waals surface area contributed by atoms with Crippen LogP contribution in [0.15, 0.2) is 16.6 Å². The van der Waals surface area contributed by atoms with E-state index in [-0.39, 0.29) is 0 Å². The molecule has 1 fully saturated rings. The molecule has 2 rings (SSSR count). The van der Waals surface area contributed by atoms with Gasteiger partial charge in [0.15, 0.2) is 0 Å². The van der Waals surface area contributed by atoms with Crippen molar-refractivity contribution in [2.75, 3.05) is 0 Å². The lowest BCUT2D eigenvalue weighted by Gasteiger charge is -2.34. The van der Waals surface area contributed by atoms with Crippen molar-refractivity contribution in [1.29, 1.82) is 0 Å². The van der Waals surface area contributed by atoms with Crippen LogP contribution in [0.3, 0.4) is 0 Å². The lowest BCUT2D eigenvalue weighted by molar-refractivity contribution is 0.232. The molecule has 3 heteroatoms. The zero-order chi connectivity index (χ0) is 11.7. The van der Waals surface area contributed by atoms with Gasteiger partial charge in [0.25, 0.3) is 0 Å². The smallest absolute Gasteiger partial charge is 0.0488 e. The second-order valence-corrected chi connectivity index (χ2v) is 5.60. The highest BCUT2D eigenvalue weighted by atomic mass is 79.9. The van der Waals surface area contributed by atoms with Crippen molar-refractivity contribution in [2.24, 2.45) is 11.8 Å². The standard InChI is InChI=1S/C13H19BrN2/c1-8-6-11(7-9(2)12(8)14)13(16-15)10-4-3-5-10/h6-7,10,13,16H,3-5,15H2,1-2H3. The topological polar surface area (TPSA) is 38.0 Å². The summed E-state index contributed by atoms with van der Waals surface area (Å²) in [5.74, 6) is 6.40. The van der Waals surface area contributed by atoms with Crippen LogP contribution in [0.2, 0.25) is 0 Å². The van der Waals surface area contributed by atoms with Crippen molar-refractivity contribution in [3.63, 3.8) is 0 Å². The minimum absolute atomic E-state index is 0.319. The molecule has 0 saturated heterocycles. The molecule has 1 unspecified atom stereocenters. The summed E-state index contributed by atoms with van der Waals surface area (Å²) in [6.45, 7) is 4.27. The monoisotopic (exact) mass is 282 g/mol. The fourth-order valence-corrected chi connectivity index (χ4v) is 2.67. The molecule has 0 spiro atoms. The number of halogens is 1. The lowest BCUT2D eigenvalue weighted by atomic mass is 9.77. The maximum absolute atomic E-state index is 5.69. The summed E-state index contributed by atoms with van der Waals surface area (Å²) in [7, 11) is 0. The van der Waals surface area contributed by atoms with Crippen molar-refractivity contribution in [2.45, 2.75) is 39.2 Å². The second-order valence-electron chi connectivity index (χ2n) is 4.80. The molecule has 88 valence electrons. The lowest BCUT2D eigenvalue weighted by Crippen LogP contribution is -2.36. The number of rotatable bonds is 3. The van der Waals surface area contributed by atoms with E-state index in [1.807, 2.05) is 0 Å². The first-order valence-corrected chi connectivity index (χ1v) is 6.65. The van der Waals surface area contributed by atoms with E-state index >= 15 is 0 Å². The number of hydrogen-bond acceptors (Lipinski definition) is 2. The van der Waals surface area contributed by atoms with Gasteiger partial charge in [-0.05, 0) is 49.3 Å². The first-order chi connectivity index (χ1) is 7.63. The molecule has 1 aromatic carbocycles. The summed E-state index contributed by atoms with van der Waals surface area (Å²) in [5, 5.41) is 0. The summed E-state index contributed by atoms with van der Waals surface area (Å²) < 4.78 is 1.21. The van der Waals surface area contributed by atoms with Crippen LogP contribution in [-0.4, -0.2) is 0 Å². The van der Waals surface area contributed by atoms with Crippen LogP contribution >= 0.6 is 15.9 Å². The Balaban J connectivity index is 2.30. The van der Waals surface area contributed by atoms with E-state index in [0.29, 0.717) is 12.0 Å². The van der Waals surface area contributed by atoms with Crippen molar-refractivity contribution >= 4 is 15.9 Å². The molecule has 0 amide bonds. The fourth-order valence-electron chi connectivity index (χ4n) is 2.44. The van der Waals surface area contributed by atoms with Crippen molar-refractivity contribution < 1.29 is 0 Å². The summed E-state index contributed by atoms with van der Waals surface area (Å²) in [5.41, 5.74) is 6.88. The van der Waals surface area contributed by atoms with Gasteiger partial charge in [0.2, 0.25) is 0 Å². The zero-order valence-electron chi connectivity index (χ0n) is 9.89. The van der Waals surface area contributed by atoms with Crippen LogP contribution in [-0.2, 0) is 0 Å². The maximum Gasteiger partial charge on any atom is 0.0488 e. The van der Waals surface area contributed by atoms with Gasteiger partial charge in [0.1, 0.15) is 0 Å². The molecular formula is C13H19BrN2. The van der Waals surface area contributed by atoms with Gasteiger partial charge < -0.3 is 0 Å². The molecule has 1 aliphatic rings. The molecule has 3 N–H and O–H groups in total. The largest absolute Gasteiger partial charge is 0.271 e. The molecule has 2 nitrogen and oxygen atoms in total. The van der Waals surface area contributed by atoms with Gasteiger partial charge in [-0.15, -0.1) is 0 Å². The molecule has 0 aromatic heterocycles. The van der Waals surface area contributed by atoms with Gasteiger partial charge >= 0.3 is 0 Å². The molecule has 16 heavy (non-hydrogen) atoms. The average Bonchev–Trinajstić information content (AvgIpc) is 2.18. The van der Waals surface area contributed by atoms with E-state index < -0.39 is 0 Å². The Labute approximate surface area is 106 Å². The van der Waals surface area contributed by atoms with Crippen molar-refractivity contribution in [1.82, 2.24) is 5.43 Å². The highest BCUT2D eigenvalue weighted by Crippen LogP contribution is 2.38. The van der Waals surface area contributed by atoms with Gasteiger partial charge in [-0.25, -0.2) is 0 Å². The molecule has 1 atom stereocenters. The van der Waals surface area contributed by atoms with Crippen molar-refractivity contribution in [3.8, 4) is 0 Å². The first-order valence-electron chi connectivity index (χ1n) is 5.86. The SMILES string of the molecule is Cc1cc(C(NN)C2CCC2)cc(C)c1Br. The van der Waals surface area contributed by atoms with E-state index in [1.54, 1.807) is 0 Å². The minimum atomic E-state index is 0.319. The Morgan fingerprint density at radius 1 is 1.31 bits per heavy atom. The quantitative estimate of drug-likeness (QED) is 0.659. The van der Waals surface area contributed by atoms with Crippen LogP contribution in [0.4, 0.5) is 0 Å². The summed E-state index contributed by atoms with van der Waals surface area (Å²) in [4.78, 5) is 0. The Kier molecular flexibility index (Phi) is 3.67. The number of hydrazine groups is 1. The Morgan fingerprint density at radius 2 is 1.88 bits per heavy atom. The highest BCUT2D eigenvalue weighted by Gasteiger charge is 2.28. The van der Waals surface area contributed by atoms with Crippen LogP contribution in [0.1, 0.15) is 42.0 Å². The van der Waals surface area contributed by atoms with Gasteiger partial charge in [-0.2, -0.15) is 0 Å². The number of benzene rings is 1. The summed E-state index contributed by atoms with van der Waals surface area (Å²) in [6.07, 6.45) is 3.93. The zero-order valence-corrected chi connectivity index (χ0v) is 11.5. The number of hydrogen-bond donors (Lipinski definition) is 2. The molecule has 0 radical (unpaired) electrons. The van der Waals surface area contributed by atoms with Gasteiger partial charge in [-0.1, -0.05) is 34.5 Å². The summed E-state index contributed by atoms with van der Waals surface area (Å²) >= 11 is 3.60. The summed E-state index contributed by atoms with van der Waals surface area (Å²) in [6, 6.07) is 4.79. The number of nitrogens with one attached hydrogen (secondary N) is 1. The second kappa shape index (κ2) is 4.86. The van der Waals surface area contributed by atoms with E-state index in [0.717, 1.165) is 0 Å². The van der Waals surface area contributed by atoms with Crippen molar-refractivity contribution in [3.05, 3.63) is 33.3 Å². The number of nitrogens with two attached hydrogens (primary N) is 1. The van der Waals surface area contributed by atoms with Crippen LogP contribution < -0.4 is 11.3 Å². The number of aryl methyl sites for hydroxylation is 2.